The molecule has 0 unspecified atom stereocenters. The van der Waals surface area contributed by atoms with E-state index in [0.717, 1.165) is 17.0 Å². The van der Waals surface area contributed by atoms with Crippen molar-refractivity contribution in [3.63, 3.8) is 0 Å². The third-order valence-corrected chi connectivity index (χ3v) is 3.89. The summed E-state index contributed by atoms with van der Waals surface area (Å²) in [4.78, 5) is 22.6. The van der Waals surface area contributed by atoms with E-state index < -0.39 is 0 Å². The summed E-state index contributed by atoms with van der Waals surface area (Å²) in [5, 5.41) is 7.11. The van der Waals surface area contributed by atoms with Crippen LogP contribution in [0.4, 0.5) is 0 Å². The standard InChI is InChI=1S/C16H19N5O3/c1-11-15(12(2)20-19-11)3-4-16(22)21(5-13-7-23-9-17-13)6-14-8-24-10-18-14/h7-10H,3-6H2,1-2H3,(H,19,20). The maximum Gasteiger partial charge on any atom is 0.223 e. The number of rotatable bonds is 7. The Kier molecular flexibility index (Phi) is 4.74. The van der Waals surface area contributed by atoms with Gasteiger partial charge in [0.25, 0.3) is 0 Å². The Morgan fingerprint density at radius 3 is 2.21 bits per heavy atom. The third kappa shape index (κ3) is 3.70. The smallest absolute Gasteiger partial charge is 0.223 e. The normalized spacial score (nSPS) is 10.9. The molecule has 0 atom stereocenters. The average Bonchev–Trinajstić information content (AvgIpc) is 3.30. The van der Waals surface area contributed by atoms with Crippen molar-refractivity contribution in [1.29, 1.82) is 0 Å². The molecule has 0 aliphatic carbocycles. The highest BCUT2D eigenvalue weighted by atomic mass is 16.3. The van der Waals surface area contributed by atoms with Gasteiger partial charge in [-0.05, 0) is 25.8 Å². The average molecular weight is 329 g/mol. The fourth-order valence-electron chi connectivity index (χ4n) is 2.59. The first kappa shape index (κ1) is 16.0. The molecule has 0 aliphatic heterocycles. The Balaban J connectivity index is 1.68. The molecule has 0 saturated carbocycles. The zero-order chi connectivity index (χ0) is 16.9. The lowest BCUT2D eigenvalue weighted by molar-refractivity contribution is -0.132. The molecule has 1 amide bonds. The van der Waals surface area contributed by atoms with Gasteiger partial charge >= 0.3 is 0 Å². The first-order valence-electron chi connectivity index (χ1n) is 7.66. The maximum atomic E-state index is 12.7. The van der Waals surface area contributed by atoms with Crippen LogP contribution in [-0.4, -0.2) is 31.0 Å². The molecule has 24 heavy (non-hydrogen) atoms. The zero-order valence-electron chi connectivity index (χ0n) is 13.7. The molecular formula is C16H19N5O3. The lowest BCUT2D eigenvalue weighted by atomic mass is 10.1. The molecular weight excluding hydrogens is 310 g/mol. The van der Waals surface area contributed by atoms with Gasteiger partial charge in [0.1, 0.15) is 12.5 Å². The molecule has 0 bridgehead atoms. The predicted molar refractivity (Wildman–Crippen MR) is 83.6 cm³/mol. The van der Waals surface area contributed by atoms with E-state index in [1.807, 2.05) is 13.8 Å². The van der Waals surface area contributed by atoms with E-state index in [4.69, 9.17) is 8.83 Å². The molecule has 1 N–H and O–H groups in total. The van der Waals surface area contributed by atoms with E-state index in [-0.39, 0.29) is 5.91 Å². The van der Waals surface area contributed by atoms with Crippen molar-refractivity contribution < 1.29 is 13.6 Å². The molecule has 126 valence electrons. The van der Waals surface area contributed by atoms with Crippen LogP contribution in [0, 0.1) is 13.8 Å². The quantitative estimate of drug-likeness (QED) is 0.713. The van der Waals surface area contributed by atoms with Crippen LogP contribution in [0.5, 0.6) is 0 Å². The number of amides is 1. The van der Waals surface area contributed by atoms with Gasteiger partial charge in [0.05, 0.1) is 30.2 Å². The minimum Gasteiger partial charge on any atom is -0.451 e. The molecule has 8 heteroatoms. The number of H-pyrrole nitrogens is 1. The van der Waals surface area contributed by atoms with Gasteiger partial charge < -0.3 is 13.7 Å². The number of oxazole rings is 2. The van der Waals surface area contributed by atoms with Crippen LogP contribution in [0.3, 0.4) is 0 Å². The van der Waals surface area contributed by atoms with E-state index >= 15 is 0 Å². The van der Waals surface area contributed by atoms with Gasteiger partial charge in [0.2, 0.25) is 5.91 Å². The van der Waals surface area contributed by atoms with Crippen molar-refractivity contribution >= 4 is 5.91 Å². The second-order valence-electron chi connectivity index (χ2n) is 5.62. The van der Waals surface area contributed by atoms with Crippen LogP contribution in [0.2, 0.25) is 0 Å². The lowest BCUT2D eigenvalue weighted by Crippen LogP contribution is -2.30. The Labute approximate surface area is 138 Å². The Morgan fingerprint density at radius 1 is 1.12 bits per heavy atom. The number of carbonyl (C=O) groups is 1. The van der Waals surface area contributed by atoms with Crippen LogP contribution < -0.4 is 0 Å². The summed E-state index contributed by atoms with van der Waals surface area (Å²) in [7, 11) is 0. The van der Waals surface area contributed by atoms with E-state index in [1.54, 1.807) is 4.90 Å². The number of aromatic amines is 1. The van der Waals surface area contributed by atoms with Crippen LogP contribution >= 0.6 is 0 Å². The lowest BCUT2D eigenvalue weighted by Gasteiger charge is -2.20. The summed E-state index contributed by atoms with van der Waals surface area (Å²) in [6.07, 6.45) is 6.80. The zero-order valence-corrected chi connectivity index (χ0v) is 13.7. The molecule has 0 radical (unpaired) electrons. The van der Waals surface area contributed by atoms with Gasteiger partial charge in [-0.3, -0.25) is 9.89 Å². The third-order valence-electron chi connectivity index (χ3n) is 3.89. The molecule has 0 saturated heterocycles. The van der Waals surface area contributed by atoms with Gasteiger partial charge in [-0.15, -0.1) is 0 Å². The van der Waals surface area contributed by atoms with E-state index in [1.165, 1.54) is 25.3 Å². The number of hydrogen-bond donors (Lipinski definition) is 1. The van der Waals surface area contributed by atoms with Crippen molar-refractivity contribution in [3.8, 4) is 0 Å². The van der Waals surface area contributed by atoms with Crippen LogP contribution in [0.1, 0.15) is 34.8 Å². The minimum atomic E-state index is 0.0148. The van der Waals surface area contributed by atoms with Gasteiger partial charge in [0, 0.05) is 12.1 Å². The Morgan fingerprint density at radius 2 is 1.75 bits per heavy atom. The number of aromatic nitrogens is 4. The molecule has 3 aromatic heterocycles. The molecule has 0 aromatic carbocycles. The van der Waals surface area contributed by atoms with Crippen molar-refractivity contribution in [2.24, 2.45) is 0 Å². The highest BCUT2D eigenvalue weighted by Gasteiger charge is 2.18. The first-order valence-corrected chi connectivity index (χ1v) is 7.66. The molecule has 3 aromatic rings. The number of carbonyl (C=O) groups excluding carboxylic acids is 1. The molecule has 0 spiro atoms. The molecule has 3 rings (SSSR count). The predicted octanol–water partition coefficient (Wildman–Crippen LogP) is 2.16. The van der Waals surface area contributed by atoms with Crippen LogP contribution in [0.15, 0.2) is 34.1 Å². The highest BCUT2D eigenvalue weighted by molar-refractivity contribution is 5.76. The van der Waals surface area contributed by atoms with Gasteiger partial charge in [-0.2, -0.15) is 5.10 Å². The van der Waals surface area contributed by atoms with Crippen LogP contribution in [0.25, 0.3) is 0 Å². The summed E-state index contributed by atoms with van der Waals surface area (Å²) in [6, 6.07) is 0. The minimum absolute atomic E-state index is 0.0148. The summed E-state index contributed by atoms with van der Waals surface area (Å²) in [5.74, 6) is 0.0148. The topological polar surface area (TPSA) is 101 Å². The first-order chi connectivity index (χ1) is 11.6. The van der Waals surface area contributed by atoms with Gasteiger partial charge in [-0.1, -0.05) is 0 Å². The van der Waals surface area contributed by atoms with E-state index in [2.05, 4.69) is 20.2 Å². The van der Waals surface area contributed by atoms with Crippen molar-refractivity contribution in [1.82, 2.24) is 25.1 Å². The number of nitrogens with one attached hydrogen (secondary N) is 1. The highest BCUT2D eigenvalue weighted by Crippen LogP contribution is 2.15. The number of nitrogens with zero attached hydrogens (tertiary/aromatic N) is 4. The Hall–Kier alpha value is -2.90. The molecule has 8 nitrogen and oxygen atoms in total. The van der Waals surface area contributed by atoms with Crippen molar-refractivity contribution in [2.45, 2.75) is 39.8 Å². The molecule has 0 aliphatic rings. The van der Waals surface area contributed by atoms with Crippen molar-refractivity contribution in [3.05, 3.63) is 53.7 Å². The molecule has 3 heterocycles. The van der Waals surface area contributed by atoms with Crippen LogP contribution in [-0.2, 0) is 24.3 Å². The fraction of sp³-hybridized carbons (Fsp3) is 0.375. The van der Waals surface area contributed by atoms with Gasteiger partial charge in [-0.25, -0.2) is 9.97 Å². The summed E-state index contributed by atoms with van der Waals surface area (Å²) in [5.41, 5.74) is 4.41. The van der Waals surface area contributed by atoms with Gasteiger partial charge in [0.15, 0.2) is 12.8 Å². The summed E-state index contributed by atoms with van der Waals surface area (Å²) < 4.78 is 9.97. The SMILES string of the molecule is Cc1n[nH]c(C)c1CCC(=O)N(Cc1cocn1)Cc1cocn1. The maximum absolute atomic E-state index is 12.7. The monoisotopic (exact) mass is 329 g/mol. The number of aryl methyl sites for hydroxylation is 2. The van der Waals surface area contributed by atoms with E-state index in [9.17, 15) is 4.79 Å². The van der Waals surface area contributed by atoms with E-state index in [0.29, 0.717) is 37.3 Å². The number of hydrogen-bond acceptors (Lipinski definition) is 6. The largest absolute Gasteiger partial charge is 0.451 e. The fourth-order valence-corrected chi connectivity index (χ4v) is 2.59. The summed E-state index contributed by atoms with van der Waals surface area (Å²) in [6.45, 7) is 4.63. The Bertz CT molecular complexity index is 721. The second-order valence-corrected chi connectivity index (χ2v) is 5.62. The van der Waals surface area contributed by atoms with Crippen molar-refractivity contribution in [2.75, 3.05) is 0 Å². The summed E-state index contributed by atoms with van der Waals surface area (Å²) >= 11 is 0. The molecule has 0 fully saturated rings. The second kappa shape index (κ2) is 7.12.